The van der Waals surface area contributed by atoms with Crippen molar-refractivity contribution in [3.63, 3.8) is 0 Å². The fourth-order valence-corrected chi connectivity index (χ4v) is 4.40. The maximum absolute atomic E-state index is 2.50. The highest BCUT2D eigenvalue weighted by molar-refractivity contribution is 5.85. The molecule has 1 aliphatic carbocycles. The molecule has 0 amide bonds. The number of hydrogen-bond acceptors (Lipinski definition) is 2. The Labute approximate surface area is 184 Å². The van der Waals surface area contributed by atoms with Gasteiger partial charge in [0.1, 0.15) is 0 Å². The van der Waals surface area contributed by atoms with Crippen LogP contribution < -0.4 is 0 Å². The lowest BCUT2D eigenvalue weighted by Gasteiger charge is -2.33. The normalized spacial score (nSPS) is 19.1. The van der Waals surface area contributed by atoms with Crippen LogP contribution in [0.2, 0.25) is 0 Å². The van der Waals surface area contributed by atoms with Gasteiger partial charge in [0.15, 0.2) is 0 Å². The molecule has 1 saturated carbocycles. The fraction of sp³-hybridized carbons (Fsp3) is 0.500. The van der Waals surface area contributed by atoms with Crippen molar-refractivity contribution < 1.29 is 0 Å². The molecule has 2 aromatic carbocycles. The van der Waals surface area contributed by atoms with Crippen molar-refractivity contribution in [3.8, 4) is 0 Å². The number of benzene rings is 2. The Kier molecular flexibility index (Phi) is 11.8. The molecule has 0 aliphatic heterocycles. The SMILES string of the molecule is CN(Cc1ccccc1)CC1CCC(CN(C)Cc2ccccc2)CC1.Cl.Cl. The van der Waals surface area contributed by atoms with E-state index in [0.717, 1.165) is 24.9 Å². The van der Waals surface area contributed by atoms with Crippen molar-refractivity contribution in [2.24, 2.45) is 11.8 Å². The molecule has 0 heterocycles. The Morgan fingerprint density at radius 1 is 0.607 bits per heavy atom. The van der Waals surface area contributed by atoms with E-state index in [2.05, 4.69) is 84.6 Å². The van der Waals surface area contributed by atoms with Crippen molar-refractivity contribution in [1.29, 1.82) is 0 Å². The number of halogens is 2. The Bertz CT molecular complexity index is 570. The standard InChI is InChI=1S/C24H34N2.2ClH/c1-25(17-21-9-5-3-6-10-21)19-23-13-15-24(16-14-23)20-26(2)18-22-11-7-4-8-12-22;;/h3-12,23-24H,13-20H2,1-2H3;2*1H. The molecule has 3 rings (SSSR count). The van der Waals surface area contributed by atoms with Gasteiger partial charge in [0, 0.05) is 26.2 Å². The zero-order valence-electron chi connectivity index (χ0n) is 17.3. The first-order chi connectivity index (χ1) is 12.7. The summed E-state index contributed by atoms with van der Waals surface area (Å²) in [5.74, 6) is 1.75. The van der Waals surface area contributed by atoms with E-state index in [0.29, 0.717) is 0 Å². The van der Waals surface area contributed by atoms with Crippen LogP contribution in [0.3, 0.4) is 0 Å². The van der Waals surface area contributed by atoms with E-state index in [4.69, 9.17) is 0 Å². The van der Waals surface area contributed by atoms with E-state index in [1.54, 1.807) is 0 Å². The summed E-state index contributed by atoms with van der Waals surface area (Å²) < 4.78 is 0. The molecule has 28 heavy (non-hydrogen) atoms. The summed E-state index contributed by atoms with van der Waals surface area (Å²) in [6.45, 7) is 4.62. The molecule has 2 aromatic rings. The maximum Gasteiger partial charge on any atom is 0.0230 e. The first-order valence-corrected chi connectivity index (χ1v) is 10.1. The Hall–Kier alpha value is -1.06. The molecule has 0 bridgehead atoms. The fourth-order valence-electron chi connectivity index (χ4n) is 4.40. The molecule has 0 aromatic heterocycles. The second-order valence-corrected chi connectivity index (χ2v) is 8.25. The summed E-state index contributed by atoms with van der Waals surface area (Å²) in [5, 5.41) is 0. The zero-order valence-corrected chi connectivity index (χ0v) is 18.9. The molecule has 0 radical (unpaired) electrons. The van der Waals surface area contributed by atoms with Gasteiger partial charge in [-0.3, -0.25) is 0 Å². The Morgan fingerprint density at radius 3 is 1.25 bits per heavy atom. The molecule has 0 spiro atoms. The highest BCUT2D eigenvalue weighted by Crippen LogP contribution is 2.30. The van der Waals surface area contributed by atoms with Crippen molar-refractivity contribution in [2.45, 2.75) is 38.8 Å². The molecular formula is C24H36Cl2N2. The maximum atomic E-state index is 2.50. The number of nitrogens with zero attached hydrogens (tertiary/aromatic N) is 2. The molecule has 0 N–H and O–H groups in total. The molecular weight excluding hydrogens is 387 g/mol. The third-order valence-electron chi connectivity index (χ3n) is 5.70. The van der Waals surface area contributed by atoms with Crippen molar-refractivity contribution >= 4 is 24.8 Å². The van der Waals surface area contributed by atoms with Crippen LogP contribution in [0.4, 0.5) is 0 Å². The summed E-state index contributed by atoms with van der Waals surface area (Å²) in [6.07, 6.45) is 5.57. The van der Waals surface area contributed by atoms with Gasteiger partial charge >= 0.3 is 0 Å². The average molecular weight is 423 g/mol. The Morgan fingerprint density at radius 2 is 0.929 bits per heavy atom. The smallest absolute Gasteiger partial charge is 0.0230 e. The lowest BCUT2D eigenvalue weighted by Crippen LogP contribution is -2.32. The van der Waals surface area contributed by atoms with Gasteiger partial charge in [-0.05, 0) is 62.7 Å². The van der Waals surface area contributed by atoms with Gasteiger partial charge in [-0.2, -0.15) is 0 Å². The predicted octanol–water partition coefficient (Wildman–Crippen LogP) is 5.90. The zero-order chi connectivity index (χ0) is 18.2. The second kappa shape index (κ2) is 13.2. The van der Waals surface area contributed by atoms with Crippen LogP contribution >= 0.6 is 24.8 Å². The highest BCUT2D eigenvalue weighted by atomic mass is 35.5. The van der Waals surface area contributed by atoms with Crippen LogP contribution in [-0.4, -0.2) is 37.0 Å². The van der Waals surface area contributed by atoms with E-state index < -0.39 is 0 Å². The summed E-state index contributed by atoms with van der Waals surface area (Å²) in [4.78, 5) is 5.00. The quantitative estimate of drug-likeness (QED) is 0.522. The first kappa shape index (κ1) is 25.0. The number of rotatable bonds is 8. The average Bonchev–Trinajstić information content (AvgIpc) is 2.65. The first-order valence-electron chi connectivity index (χ1n) is 10.1. The lowest BCUT2D eigenvalue weighted by atomic mass is 9.81. The largest absolute Gasteiger partial charge is 0.302 e. The molecule has 4 heteroatoms. The Balaban J connectivity index is 0.00000196. The predicted molar refractivity (Wildman–Crippen MR) is 125 cm³/mol. The van der Waals surface area contributed by atoms with Crippen LogP contribution in [0.1, 0.15) is 36.8 Å². The topological polar surface area (TPSA) is 6.48 Å². The van der Waals surface area contributed by atoms with E-state index in [1.807, 2.05) is 0 Å². The summed E-state index contributed by atoms with van der Waals surface area (Å²) in [7, 11) is 4.54. The molecule has 0 saturated heterocycles. The third-order valence-corrected chi connectivity index (χ3v) is 5.70. The van der Waals surface area contributed by atoms with Gasteiger partial charge in [0.2, 0.25) is 0 Å². The van der Waals surface area contributed by atoms with Gasteiger partial charge in [-0.1, -0.05) is 60.7 Å². The molecule has 156 valence electrons. The van der Waals surface area contributed by atoms with Crippen LogP contribution in [0.5, 0.6) is 0 Å². The summed E-state index contributed by atoms with van der Waals surface area (Å²) in [6, 6.07) is 21.7. The molecule has 0 atom stereocenters. The summed E-state index contributed by atoms with van der Waals surface area (Å²) in [5.41, 5.74) is 2.84. The van der Waals surface area contributed by atoms with Gasteiger partial charge < -0.3 is 9.80 Å². The van der Waals surface area contributed by atoms with E-state index in [-0.39, 0.29) is 24.8 Å². The molecule has 0 unspecified atom stereocenters. The molecule has 1 fully saturated rings. The lowest BCUT2D eigenvalue weighted by molar-refractivity contribution is 0.168. The van der Waals surface area contributed by atoms with Gasteiger partial charge in [0.05, 0.1) is 0 Å². The van der Waals surface area contributed by atoms with Crippen LogP contribution in [-0.2, 0) is 13.1 Å². The van der Waals surface area contributed by atoms with E-state index in [1.165, 1.54) is 49.9 Å². The monoisotopic (exact) mass is 422 g/mol. The minimum Gasteiger partial charge on any atom is -0.302 e. The van der Waals surface area contributed by atoms with Crippen molar-refractivity contribution in [2.75, 3.05) is 27.2 Å². The third kappa shape index (κ3) is 8.53. The van der Waals surface area contributed by atoms with Gasteiger partial charge in [-0.25, -0.2) is 0 Å². The molecule has 1 aliphatic rings. The van der Waals surface area contributed by atoms with E-state index >= 15 is 0 Å². The van der Waals surface area contributed by atoms with E-state index in [9.17, 15) is 0 Å². The van der Waals surface area contributed by atoms with Gasteiger partial charge in [0.25, 0.3) is 0 Å². The molecule has 2 nitrogen and oxygen atoms in total. The highest BCUT2D eigenvalue weighted by Gasteiger charge is 2.23. The van der Waals surface area contributed by atoms with Crippen LogP contribution in [0.15, 0.2) is 60.7 Å². The van der Waals surface area contributed by atoms with Crippen LogP contribution in [0.25, 0.3) is 0 Å². The van der Waals surface area contributed by atoms with Crippen molar-refractivity contribution in [3.05, 3.63) is 71.8 Å². The van der Waals surface area contributed by atoms with Crippen LogP contribution in [0, 0.1) is 11.8 Å². The van der Waals surface area contributed by atoms with Gasteiger partial charge in [-0.15, -0.1) is 24.8 Å². The minimum absolute atomic E-state index is 0. The van der Waals surface area contributed by atoms with Crippen molar-refractivity contribution in [1.82, 2.24) is 9.80 Å². The minimum atomic E-state index is 0. The number of hydrogen-bond donors (Lipinski definition) is 0. The summed E-state index contributed by atoms with van der Waals surface area (Å²) >= 11 is 0. The second-order valence-electron chi connectivity index (χ2n) is 8.25.